The highest BCUT2D eigenvalue weighted by atomic mass is 35.5. The molecule has 23 heteroatoms. The zero-order valence-electron chi connectivity index (χ0n) is 78.1. The minimum Gasteiger partial charge on any atom is -0.508 e. The Balaban J connectivity index is 0.000000194. The molecule has 0 aromatic heterocycles. The predicted octanol–water partition coefficient (Wildman–Crippen LogP) is 24.8. The maximum atomic E-state index is 15.0. The molecule has 13 rings (SSSR count). The molecule has 0 unspecified atom stereocenters. The van der Waals surface area contributed by atoms with Gasteiger partial charge in [0.15, 0.2) is 0 Å². The number of carboxylic acids is 2. The van der Waals surface area contributed by atoms with Crippen molar-refractivity contribution in [2.75, 3.05) is 90.4 Å². The first-order valence-electron chi connectivity index (χ1n) is 43.9. The Kier molecular flexibility index (Phi) is 39.1. The van der Waals surface area contributed by atoms with Gasteiger partial charge in [-0.25, -0.2) is 13.2 Å². The van der Waals surface area contributed by atoms with E-state index in [0.717, 1.165) is 111 Å². The number of carboxylic acid groups (broad SMARTS) is 2. The molecule has 0 saturated carbocycles. The lowest BCUT2D eigenvalue weighted by atomic mass is 9.79. The molecule has 3 aliphatic carbocycles. The minimum absolute atomic E-state index is 0.0200. The average Bonchev–Trinajstić information content (AvgIpc) is 1.53. The molecule has 702 valence electrons. The third-order valence-electron chi connectivity index (χ3n) is 24.0. The van der Waals surface area contributed by atoms with Crippen LogP contribution in [-0.2, 0) is 66.7 Å². The van der Waals surface area contributed by atoms with E-state index in [1.165, 1.54) is 49.1 Å². The van der Waals surface area contributed by atoms with Gasteiger partial charge >= 0.3 is 23.9 Å². The molecule has 0 radical (unpaired) electrons. The summed E-state index contributed by atoms with van der Waals surface area (Å²) < 4.78 is 103. The number of phenolic OH excluding ortho intramolecular Hbond substituents is 2. The van der Waals surface area contributed by atoms with Gasteiger partial charge in [-0.05, 0) is 265 Å². The van der Waals surface area contributed by atoms with Crippen molar-refractivity contribution in [3.8, 4) is 73.6 Å². The number of carbonyl (C=O) groups excluding carboxylic acids is 2. The lowest BCUT2D eigenvalue weighted by Crippen LogP contribution is -2.13. The second kappa shape index (κ2) is 49.9. The largest absolute Gasteiger partial charge is 0.508 e. The predicted molar refractivity (Wildman–Crippen MR) is 512 cm³/mol. The molecule has 0 saturated heterocycles. The number of hydrogen-bond acceptors (Lipinski definition) is 17. The van der Waals surface area contributed by atoms with Crippen LogP contribution in [0.4, 0.5) is 13.2 Å². The summed E-state index contributed by atoms with van der Waals surface area (Å²) >= 11 is 6.04. The molecule has 0 fully saturated rings. The molecule has 0 spiro atoms. The molecule has 0 amide bonds. The highest BCUT2D eigenvalue weighted by Crippen LogP contribution is 2.51. The molecule has 0 bridgehead atoms. The number of alkyl halides is 1. The zero-order valence-corrected chi connectivity index (χ0v) is 78.9. The Hall–Kier alpha value is -12.2. The number of esters is 2. The molecule has 4 N–H and O–H groups in total. The van der Waals surface area contributed by atoms with Gasteiger partial charge < -0.3 is 72.5 Å². The van der Waals surface area contributed by atoms with Crippen molar-refractivity contribution in [2.45, 2.75) is 149 Å². The van der Waals surface area contributed by atoms with Crippen LogP contribution in [0.2, 0.25) is 0 Å². The van der Waals surface area contributed by atoms with Gasteiger partial charge in [0.25, 0.3) is 0 Å². The normalized spacial score (nSPS) is 14.6. The monoisotopic (exact) mass is 1830 g/mol. The number of hydrogen-bond donors (Lipinski definition) is 4. The SMILES string of the molecule is COC[C@@H](CC(=O)O)c1cccc(OCc2ccc(-c3cc(OC)ccc3F)c(C3=CCCC3(C)C)c2)c1.COC[C@@H](CC(=O)OC)c1cccc(O)c1.COC[C@H](CC(=O)O)c1cccc(OCc2ccc(-c3cc(OC)ccc3F)c(C3=CCCC3(C)C)c2)c1.COC[C@H](CC(=O)OC)c1cccc(O)c1.COc1ccc(F)c(-c2ccc(CCl)cc2C2=CCCC2(C)C)c1. The van der Waals surface area contributed by atoms with Crippen LogP contribution >= 0.6 is 11.6 Å². The Morgan fingerprint density at radius 2 is 0.636 bits per heavy atom. The van der Waals surface area contributed by atoms with Crippen molar-refractivity contribution in [1.82, 2.24) is 0 Å². The van der Waals surface area contributed by atoms with Crippen molar-refractivity contribution in [2.24, 2.45) is 16.2 Å². The molecular weight excluding hydrogens is 1710 g/mol. The first kappa shape index (κ1) is 104. The van der Waals surface area contributed by atoms with Gasteiger partial charge in [0, 0.05) is 74.7 Å². The van der Waals surface area contributed by atoms with Crippen molar-refractivity contribution in [3.05, 3.63) is 298 Å². The molecule has 19 nitrogen and oxygen atoms in total. The maximum absolute atomic E-state index is 15.0. The van der Waals surface area contributed by atoms with Crippen LogP contribution in [0.3, 0.4) is 0 Å². The first-order chi connectivity index (χ1) is 63.2. The van der Waals surface area contributed by atoms with Gasteiger partial charge in [-0.2, -0.15) is 0 Å². The summed E-state index contributed by atoms with van der Waals surface area (Å²) in [6, 6.07) is 61.1. The third kappa shape index (κ3) is 29.2. The molecule has 0 heterocycles. The molecular formula is C109H124ClF3O19. The summed E-state index contributed by atoms with van der Waals surface area (Å²) in [6.45, 7) is 15.5. The van der Waals surface area contributed by atoms with Crippen LogP contribution < -0.4 is 23.7 Å². The number of ether oxygens (including phenoxy) is 11. The van der Waals surface area contributed by atoms with Gasteiger partial charge in [0.05, 0.1) is 87.7 Å². The zero-order chi connectivity index (χ0) is 95.8. The standard InChI is InChI=1S/2C32H35FO5.C21H22ClFO.2C12H16O4/c2*1-32(2)14-6-9-29(32)27-15-21(10-12-26(27)28-18-24(37-4)11-13-30(28)33)19-38-25-8-5-7-22(16-25)23(20-36-3)17-31(34)35;1-21(2)10-4-5-19(21)17-11-14(13-22)6-8-16(17)18-12-15(24-3)7-9-20(18)23;2*1-15-8-10(7-12(14)16-2)9-4-3-5-11(13)6-9/h2*5,7-13,15-16,18,23H,6,14,17,19-20H2,1-4H3,(H,34,35);5-9,11-12H,4,10,13H2,1-3H3;2*3-6,10,13H,7-8H2,1-2H3/t2*23-;;2*10-/m10.10/s1. The summed E-state index contributed by atoms with van der Waals surface area (Å²) in [5, 5.41) is 37.3. The van der Waals surface area contributed by atoms with Gasteiger partial charge in [0.2, 0.25) is 0 Å². The van der Waals surface area contributed by atoms with Crippen LogP contribution in [0.1, 0.15) is 185 Å². The molecule has 10 aromatic rings. The lowest BCUT2D eigenvalue weighted by Gasteiger charge is -2.25. The fourth-order valence-electron chi connectivity index (χ4n) is 16.8. The minimum atomic E-state index is -0.873. The first-order valence-corrected chi connectivity index (χ1v) is 44.4. The number of phenols is 2. The maximum Gasteiger partial charge on any atom is 0.306 e. The number of aliphatic carboxylic acids is 2. The Labute approximate surface area is 779 Å². The van der Waals surface area contributed by atoms with E-state index < -0.39 is 11.9 Å². The summed E-state index contributed by atoms with van der Waals surface area (Å²) in [5.41, 5.74) is 17.3. The van der Waals surface area contributed by atoms with Crippen molar-refractivity contribution in [3.63, 3.8) is 0 Å². The summed E-state index contributed by atoms with van der Waals surface area (Å²) in [6.07, 6.45) is 13.4. The average molecular weight is 1830 g/mol. The molecule has 132 heavy (non-hydrogen) atoms. The summed E-state index contributed by atoms with van der Waals surface area (Å²) in [5.74, 6) is 0.116. The second-order valence-corrected chi connectivity index (χ2v) is 35.0. The number of halogens is 4. The molecule has 3 aliphatic rings. The number of methoxy groups -OCH3 is 9. The van der Waals surface area contributed by atoms with Crippen LogP contribution in [0.15, 0.2) is 224 Å². The van der Waals surface area contributed by atoms with Gasteiger partial charge in [0.1, 0.15) is 70.9 Å². The fraction of sp³-hybridized carbons (Fsp3) is 0.358. The van der Waals surface area contributed by atoms with Crippen LogP contribution in [0, 0.1) is 33.7 Å². The number of rotatable bonds is 36. The van der Waals surface area contributed by atoms with E-state index in [1.807, 2.05) is 97.1 Å². The van der Waals surface area contributed by atoms with Gasteiger partial charge in [-0.15, -0.1) is 11.6 Å². The summed E-state index contributed by atoms with van der Waals surface area (Å²) in [7, 11) is 13.7. The molecule has 4 atom stereocenters. The van der Waals surface area contributed by atoms with E-state index in [-0.39, 0.29) is 106 Å². The van der Waals surface area contributed by atoms with E-state index in [1.54, 1.807) is 123 Å². The highest BCUT2D eigenvalue weighted by molar-refractivity contribution is 6.17. The molecule has 0 aliphatic heterocycles. The number of benzene rings is 10. The van der Waals surface area contributed by atoms with E-state index >= 15 is 8.78 Å². The molecule has 10 aromatic carbocycles. The second-order valence-electron chi connectivity index (χ2n) is 34.7. The number of aromatic hydroxyl groups is 2. The van der Waals surface area contributed by atoms with Gasteiger partial charge in [-0.1, -0.05) is 145 Å². The van der Waals surface area contributed by atoms with Gasteiger partial charge in [-0.3, -0.25) is 19.2 Å². The van der Waals surface area contributed by atoms with Crippen molar-refractivity contribution >= 4 is 52.2 Å². The van der Waals surface area contributed by atoms with Crippen molar-refractivity contribution in [1.29, 1.82) is 0 Å². The Bertz CT molecular complexity index is 5360. The Morgan fingerprint density at radius 1 is 0.341 bits per heavy atom. The number of allylic oxidation sites excluding steroid dienone is 6. The van der Waals surface area contributed by atoms with Crippen LogP contribution in [0.5, 0.6) is 40.2 Å². The van der Waals surface area contributed by atoms with Crippen LogP contribution in [0.25, 0.3) is 50.1 Å². The Morgan fingerprint density at radius 3 is 0.909 bits per heavy atom. The summed E-state index contributed by atoms with van der Waals surface area (Å²) in [4.78, 5) is 45.0. The fourth-order valence-corrected chi connectivity index (χ4v) is 17.0. The quantitative estimate of drug-likeness (QED) is 0.0210. The van der Waals surface area contributed by atoms with E-state index in [2.05, 4.69) is 87.4 Å². The van der Waals surface area contributed by atoms with E-state index in [9.17, 15) is 44.0 Å². The highest BCUT2D eigenvalue weighted by Gasteiger charge is 2.35. The number of carbonyl (C=O) groups is 4. The van der Waals surface area contributed by atoms with E-state index in [4.69, 9.17) is 54.2 Å². The lowest BCUT2D eigenvalue weighted by molar-refractivity contribution is -0.142. The topological polar surface area (TPSA) is 251 Å². The third-order valence-corrected chi connectivity index (χ3v) is 24.3. The van der Waals surface area contributed by atoms with Crippen LogP contribution in [-0.4, -0.2) is 135 Å². The van der Waals surface area contributed by atoms with Crippen molar-refractivity contribution < 1.29 is 105 Å². The van der Waals surface area contributed by atoms with E-state index in [0.29, 0.717) is 91.0 Å². The smallest absolute Gasteiger partial charge is 0.306 e.